The number of para-hydroxylation sites is 2. The van der Waals surface area contributed by atoms with E-state index >= 15 is 0 Å². The Morgan fingerprint density at radius 1 is 1.08 bits per heavy atom. The smallest absolute Gasteiger partial charge is 0.416 e. The van der Waals surface area contributed by atoms with Crippen molar-refractivity contribution in [2.75, 3.05) is 24.6 Å². The van der Waals surface area contributed by atoms with E-state index in [4.69, 9.17) is 4.74 Å². The number of rotatable bonds is 5. The van der Waals surface area contributed by atoms with Gasteiger partial charge in [-0.3, -0.25) is 4.79 Å². The van der Waals surface area contributed by atoms with Crippen LogP contribution < -0.4 is 4.90 Å². The van der Waals surface area contributed by atoms with E-state index in [1.54, 1.807) is 0 Å². The molecular formula is C20H20N2O3. The summed E-state index contributed by atoms with van der Waals surface area (Å²) in [6.45, 7) is 3.00. The van der Waals surface area contributed by atoms with E-state index in [1.807, 2.05) is 67.6 Å². The topological polar surface area (TPSA) is 49.9 Å². The molecule has 1 aliphatic rings. The second-order valence-electron chi connectivity index (χ2n) is 5.85. The van der Waals surface area contributed by atoms with Crippen LogP contribution in [0.4, 0.5) is 16.2 Å². The van der Waals surface area contributed by atoms with Crippen molar-refractivity contribution >= 4 is 23.4 Å². The average molecular weight is 336 g/mol. The van der Waals surface area contributed by atoms with Gasteiger partial charge < -0.3 is 9.64 Å². The minimum absolute atomic E-state index is 0.262. The van der Waals surface area contributed by atoms with Crippen LogP contribution in [0.25, 0.3) is 0 Å². The molecule has 0 N–H and O–H groups in total. The van der Waals surface area contributed by atoms with Crippen molar-refractivity contribution < 1.29 is 14.3 Å². The highest BCUT2D eigenvalue weighted by molar-refractivity contribution is 5.99. The predicted octanol–water partition coefficient (Wildman–Crippen LogP) is 3.75. The molecule has 25 heavy (non-hydrogen) atoms. The molecule has 1 saturated heterocycles. The van der Waals surface area contributed by atoms with E-state index in [0.717, 1.165) is 21.8 Å². The highest BCUT2D eigenvalue weighted by atomic mass is 16.6. The van der Waals surface area contributed by atoms with E-state index in [9.17, 15) is 9.59 Å². The molecule has 2 amide bonds. The summed E-state index contributed by atoms with van der Waals surface area (Å²) < 4.78 is 4.81. The molecule has 0 atom stereocenters. The van der Waals surface area contributed by atoms with Gasteiger partial charge >= 0.3 is 6.09 Å². The summed E-state index contributed by atoms with van der Waals surface area (Å²) in [4.78, 5) is 27.0. The molecular weight excluding hydrogens is 316 g/mol. The van der Waals surface area contributed by atoms with Crippen LogP contribution >= 0.6 is 0 Å². The van der Waals surface area contributed by atoms with Gasteiger partial charge in [0, 0.05) is 24.0 Å². The van der Waals surface area contributed by atoms with Crippen LogP contribution in [0.1, 0.15) is 6.92 Å². The van der Waals surface area contributed by atoms with Gasteiger partial charge in [-0.15, -0.1) is 0 Å². The number of anilines is 2. The summed E-state index contributed by atoms with van der Waals surface area (Å²) in [7, 11) is 0. The van der Waals surface area contributed by atoms with Gasteiger partial charge in [0.05, 0.1) is 6.54 Å². The number of benzene rings is 2. The number of amides is 2. The van der Waals surface area contributed by atoms with Crippen LogP contribution in [0.3, 0.4) is 0 Å². The lowest BCUT2D eigenvalue weighted by Crippen LogP contribution is -2.30. The Kier molecular flexibility index (Phi) is 5.14. The van der Waals surface area contributed by atoms with E-state index in [-0.39, 0.29) is 12.5 Å². The maximum atomic E-state index is 12.3. The molecule has 0 radical (unpaired) electrons. The van der Waals surface area contributed by atoms with E-state index in [1.165, 1.54) is 6.08 Å². The van der Waals surface area contributed by atoms with Crippen LogP contribution in [-0.4, -0.2) is 36.6 Å². The quantitative estimate of drug-likeness (QED) is 0.780. The third-order valence-electron chi connectivity index (χ3n) is 3.94. The molecule has 0 spiro atoms. The maximum absolute atomic E-state index is 12.3. The maximum Gasteiger partial charge on any atom is 0.416 e. The molecule has 5 nitrogen and oxygen atoms in total. The summed E-state index contributed by atoms with van der Waals surface area (Å²) in [5, 5.41) is 0. The Hall–Kier alpha value is -3.08. The number of cyclic esters (lactones) is 1. The van der Waals surface area contributed by atoms with Crippen molar-refractivity contribution in [2.24, 2.45) is 0 Å². The molecule has 0 aromatic heterocycles. The van der Waals surface area contributed by atoms with Gasteiger partial charge in [-0.1, -0.05) is 36.4 Å². The Bertz CT molecular complexity index is 733. The molecule has 3 rings (SSSR count). The van der Waals surface area contributed by atoms with E-state index < -0.39 is 6.09 Å². The molecule has 0 saturated carbocycles. The van der Waals surface area contributed by atoms with Gasteiger partial charge in [0.1, 0.15) is 6.61 Å². The van der Waals surface area contributed by atoms with Gasteiger partial charge in [-0.25, -0.2) is 9.69 Å². The third-order valence-corrected chi connectivity index (χ3v) is 3.94. The molecule has 0 aliphatic carbocycles. The first-order valence-electron chi connectivity index (χ1n) is 8.18. The first-order valence-corrected chi connectivity index (χ1v) is 8.18. The van der Waals surface area contributed by atoms with Crippen LogP contribution in [-0.2, 0) is 9.53 Å². The minimum Gasteiger partial charge on any atom is -0.447 e. The fraction of sp³-hybridized carbons (Fsp3) is 0.200. The van der Waals surface area contributed by atoms with Crippen LogP contribution in [0.2, 0.25) is 0 Å². The second-order valence-corrected chi connectivity index (χ2v) is 5.85. The lowest BCUT2D eigenvalue weighted by Gasteiger charge is -2.25. The molecule has 0 unspecified atom stereocenters. The summed E-state index contributed by atoms with van der Waals surface area (Å²) in [6.07, 6.45) is 0.933. The zero-order valence-corrected chi connectivity index (χ0v) is 14.1. The van der Waals surface area contributed by atoms with Crippen LogP contribution in [0.5, 0.6) is 0 Å². The monoisotopic (exact) mass is 336 g/mol. The van der Waals surface area contributed by atoms with E-state index in [0.29, 0.717) is 13.1 Å². The number of hydrogen-bond acceptors (Lipinski definition) is 4. The Balaban J connectivity index is 1.81. The van der Waals surface area contributed by atoms with Crippen molar-refractivity contribution in [3.05, 3.63) is 72.3 Å². The van der Waals surface area contributed by atoms with E-state index in [2.05, 4.69) is 4.90 Å². The normalized spacial score (nSPS) is 14.4. The van der Waals surface area contributed by atoms with Gasteiger partial charge in [0.25, 0.3) is 5.91 Å². The molecule has 1 aliphatic heterocycles. The zero-order valence-electron chi connectivity index (χ0n) is 14.1. The van der Waals surface area contributed by atoms with Crippen LogP contribution in [0, 0.1) is 0 Å². The Morgan fingerprint density at radius 3 is 2.12 bits per heavy atom. The first-order chi connectivity index (χ1) is 12.1. The fourth-order valence-corrected chi connectivity index (χ4v) is 2.72. The van der Waals surface area contributed by atoms with Crippen molar-refractivity contribution in [3.63, 3.8) is 0 Å². The zero-order chi connectivity index (χ0) is 17.6. The number of nitrogens with zero attached hydrogens (tertiary/aromatic N) is 2. The van der Waals surface area contributed by atoms with Crippen molar-refractivity contribution in [3.8, 4) is 0 Å². The van der Waals surface area contributed by atoms with Gasteiger partial charge in [-0.2, -0.15) is 0 Å². The van der Waals surface area contributed by atoms with Crippen molar-refractivity contribution in [1.29, 1.82) is 0 Å². The first kappa shape index (κ1) is 16.8. The standard InChI is InChI=1S/C20H20N2O3/c1-16(14-19(23)21-12-13-25-20(21)24)15-22(17-8-4-2-5-9-17)18-10-6-3-7-11-18/h2-11,14H,12-13,15H2,1H3/b16-14+. The number of carbonyl (C=O) groups excluding carboxylic acids is 2. The molecule has 1 heterocycles. The fourth-order valence-electron chi connectivity index (χ4n) is 2.72. The van der Waals surface area contributed by atoms with Crippen molar-refractivity contribution in [1.82, 2.24) is 4.90 Å². The van der Waals surface area contributed by atoms with Gasteiger partial charge in [-0.05, 0) is 36.8 Å². The molecule has 5 heteroatoms. The molecule has 0 bridgehead atoms. The van der Waals surface area contributed by atoms with Gasteiger partial charge in [0.2, 0.25) is 0 Å². The highest BCUT2D eigenvalue weighted by Gasteiger charge is 2.27. The number of carbonyl (C=O) groups is 2. The SMILES string of the molecule is C/C(=C\C(=O)N1CCOC1=O)CN(c1ccccc1)c1ccccc1. The summed E-state index contributed by atoms with van der Waals surface area (Å²) in [5.74, 6) is -0.332. The van der Waals surface area contributed by atoms with Gasteiger partial charge in [0.15, 0.2) is 0 Å². The lowest BCUT2D eigenvalue weighted by atomic mass is 10.2. The Morgan fingerprint density at radius 2 is 1.64 bits per heavy atom. The second kappa shape index (κ2) is 7.66. The largest absolute Gasteiger partial charge is 0.447 e. The highest BCUT2D eigenvalue weighted by Crippen LogP contribution is 2.25. The number of ether oxygens (including phenoxy) is 1. The molecule has 128 valence electrons. The Labute approximate surface area is 147 Å². The summed E-state index contributed by atoms with van der Waals surface area (Å²) >= 11 is 0. The average Bonchev–Trinajstić information content (AvgIpc) is 3.07. The molecule has 2 aromatic rings. The van der Waals surface area contributed by atoms with Crippen LogP contribution in [0.15, 0.2) is 72.3 Å². The molecule has 1 fully saturated rings. The minimum atomic E-state index is -0.572. The number of hydrogen-bond donors (Lipinski definition) is 0. The third kappa shape index (κ3) is 4.07. The summed E-state index contributed by atoms with van der Waals surface area (Å²) in [5.41, 5.74) is 2.93. The lowest BCUT2D eigenvalue weighted by molar-refractivity contribution is -0.122. The number of imide groups is 1. The van der Waals surface area contributed by atoms with Crippen molar-refractivity contribution in [2.45, 2.75) is 6.92 Å². The predicted molar refractivity (Wildman–Crippen MR) is 96.7 cm³/mol. The molecule has 2 aromatic carbocycles. The summed E-state index contributed by atoms with van der Waals surface area (Å²) in [6, 6.07) is 20.0.